The van der Waals surface area contributed by atoms with Crippen LogP contribution < -0.4 is 26.5 Å². The van der Waals surface area contributed by atoms with Gasteiger partial charge in [-0.3, -0.25) is 9.59 Å². The molecule has 0 fully saturated rings. The Bertz CT molecular complexity index is 1470. The molecule has 0 heterocycles. The fourth-order valence-electron chi connectivity index (χ4n) is 4.56. The Labute approximate surface area is 230 Å². The van der Waals surface area contributed by atoms with E-state index in [1.54, 1.807) is 0 Å². The van der Waals surface area contributed by atoms with E-state index in [4.69, 9.17) is 0 Å². The van der Waals surface area contributed by atoms with Crippen molar-refractivity contribution in [3.05, 3.63) is 162 Å². The maximum Gasteiger partial charge on any atom is 0.310 e. The van der Waals surface area contributed by atoms with E-state index in [2.05, 4.69) is 71.3 Å². The highest BCUT2D eigenvalue weighted by Gasteiger charge is 2.27. The lowest BCUT2D eigenvalue weighted by molar-refractivity contribution is -0.139. The van der Waals surface area contributed by atoms with E-state index in [0.29, 0.717) is 0 Å². The lowest BCUT2D eigenvalue weighted by Gasteiger charge is -2.27. The molecule has 0 saturated carbocycles. The minimum absolute atomic E-state index is 0.285. The molecule has 5 aromatic rings. The van der Waals surface area contributed by atoms with Crippen molar-refractivity contribution in [2.75, 3.05) is 0 Å². The van der Waals surface area contributed by atoms with Crippen LogP contribution in [-0.2, 0) is 16.1 Å². The van der Waals surface area contributed by atoms with E-state index < -0.39 is 25.8 Å². The Balaban J connectivity index is 1.51. The molecule has 0 aliphatic rings. The Morgan fingerprint density at radius 3 is 1.64 bits per heavy atom. The molecule has 0 radical (unpaired) electrons. The normalized spacial score (nSPS) is 11.5. The summed E-state index contributed by atoms with van der Waals surface area (Å²) in [5.41, 5.74) is 2.80. The highest BCUT2D eigenvalue weighted by Crippen LogP contribution is 2.36. The number of benzene rings is 5. The maximum atomic E-state index is 13.2. The molecule has 0 aliphatic carbocycles. The molecule has 0 spiro atoms. The van der Waals surface area contributed by atoms with E-state index in [9.17, 15) is 9.59 Å². The van der Waals surface area contributed by atoms with Crippen molar-refractivity contribution in [2.45, 2.75) is 12.6 Å². The van der Waals surface area contributed by atoms with Crippen LogP contribution in [0.3, 0.4) is 0 Å². The van der Waals surface area contributed by atoms with Gasteiger partial charge in [-0.15, -0.1) is 0 Å². The quantitative estimate of drug-likeness (QED) is 0.221. The molecule has 1 atom stereocenters. The summed E-state index contributed by atoms with van der Waals surface area (Å²) >= 11 is 0. The third kappa shape index (κ3) is 6.49. The SMILES string of the molecule is O=C(NCc1ccccc1)C(=O)N[C@H](c1ccccc1)c1ccccc1P(c1ccccc1)c1ccccc1. The molecule has 2 N–H and O–H groups in total. The molecule has 2 amide bonds. The number of carbonyl (C=O) groups excluding carboxylic acids is 2. The average Bonchev–Trinajstić information content (AvgIpc) is 3.01. The third-order valence-electron chi connectivity index (χ3n) is 6.43. The molecule has 0 unspecified atom stereocenters. The van der Waals surface area contributed by atoms with Gasteiger partial charge >= 0.3 is 11.8 Å². The molecular weight excluding hydrogens is 499 g/mol. The fraction of sp³-hybridized carbons (Fsp3) is 0.0588. The van der Waals surface area contributed by atoms with Gasteiger partial charge in [-0.05, 0) is 40.5 Å². The van der Waals surface area contributed by atoms with E-state index in [0.717, 1.165) is 22.0 Å². The predicted octanol–water partition coefficient (Wildman–Crippen LogP) is 4.97. The summed E-state index contributed by atoms with van der Waals surface area (Å²) in [6.07, 6.45) is 0. The molecular formula is C34H29N2O2P. The van der Waals surface area contributed by atoms with Crippen molar-refractivity contribution in [1.82, 2.24) is 10.6 Å². The molecule has 192 valence electrons. The van der Waals surface area contributed by atoms with Crippen LogP contribution in [0.1, 0.15) is 22.7 Å². The lowest BCUT2D eigenvalue weighted by Crippen LogP contribution is -2.42. The Morgan fingerprint density at radius 2 is 1.05 bits per heavy atom. The molecule has 5 heteroatoms. The fourth-order valence-corrected chi connectivity index (χ4v) is 7.05. The predicted molar refractivity (Wildman–Crippen MR) is 160 cm³/mol. The second-order valence-electron chi connectivity index (χ2n) is 9.05. The van der Waals surface area contributed by atoms with Crippen LogP contribution in [-0.4, -0.2) is 11.8 Å². The molecule has 5 aromatic carbocycles. The van der Waals surface area contributed by atoms with Crippen LogP contribution >= 0.6 is 7.92 Å². The zero-order valence-electron chi connectivity index (χ0n) is 21.4. The van der Waals surface area contributed by atoms with E-state index in [1.165, 1.54) is 10.6 Å². The van der Waals surface area contributed by atoms with Crippen molar-refractivity contribution in [3.63, 3.8) is 0 Å². The topological polar surface area (TPSA) is 58.2 Å². The average molecular weight is 529 g/mol. The van der Waals surface area contributed by atoms with Gasteiger partial charge in [-0.1, -0.05) is 146 Å². The van der Waals surface area contributed by atoms with Crippen LogP contribution in [0.25, 0.3) is 0 Å². The number of nitrogens with one attached hydrogen (secondary N) is 2. The molecule has 4 nitrogen and oxygen atoms in total. The first-order valence-corrected chi connectivity index (χ1v) is 14.2. The zero-order chi connectivity index (χ0) is 26.9. The Kier molecular flexibility index (Phi) is 8.58. The largest absolute Gasteiger partial charge is 0.344 e. The van der Waals surface area contributed by atoms with Crippen LogP contribution in [0, 0.1) is 0 Å². The number of hydrogen-bond acceptors (Lipinski definition) is 2. The minimum atomic E-state index is -0.919. The van der Waals surface area contributed by atoms with Gasteiger partial charge in [-0.25, -0.2) is 0 Å². The number of hydrogen-bond donors (Lipinski definition) is 2. The molecule has 0 bridgehead atoms. The first-order chi connectivity index (χ1) is 19.2. The van der Waals surface area contributed by atoms with Gasteiger partial charge in [-0.2, -0.15) is 0 Å². The second kappa shape index (κ2) is 12.8. The number of amides is 2. The molecule has 0 saturated heterocycles. The van der Waals surface area contributed by atoms with E-state index in [1.807, 2.05) is 84.9 Å². The van der Waals surface area contributed by atoms with Gasteiger partial charge in [0.15, 0.2) is 0 Å². The van der Waals surface area contributed by atoms with Gasteiger partial charge < -0.3 is 10.6 Å². The van der Waals surface area contributed by atoms with Gasteiger partial charge in [0.2, 0.25) is 0 Å². The highest BCUT2D eigenvalue weighted by molar-refractivity contribution is 7.79. The summed E-state index contributed by atoms with van der Waals surface area (Å²) < 4.78 is 0. The summed E-state index contributed by atoms with van der Waals surface area (Å²) in [4.78, 5) is 26.1. The smallest absolute Gasteiger partial charge is 0.310 e. The lowest BCUT2D eigenvalue weighted by atomic mass is 9.98. The molecule has 5 rings (SSSR count). The Morgan fingerprint density at radius 1 is 0.564 bits per heavy atom. The van der Waals surface area contributed by atoms with Crippen molar-refractivity contribution in [3.8, 4) is 0 Å². The third-order valence-corrected chi connectivity index (χ3v) is 8.95. The van der Waals surface area contributed by atoms with E-state index in [-0.39, 0.29) is 6.54 Å². The summed E-state index contributed by atoms with van der Waals surface area (Å²) in [7, 11) is -0.919. The van der Waals surface area contributed by atoms with E-state index >= 15 is 0 Å². The van der Waals surface area contributed by atoms with Crippen molar-refractivity contribution in [2.24, 2.45) is 0 Å². The summed E-state index contributed by atoms with van der Waals surface area (Å²) in [5, 5.41) is 9.35. The molecule has 39 heavy (non-hydrogen) atoms. The van der Waals surface area contributed by atoms with Crippen LogP contribution in [0.2, 0.25) is 0 Å². The monoisotopic (exact) mass is 528 g/mol. The number of rotatable bonds is 8. The van der Waals surface area contributed by atoms with Gasteiger partial charge in [0, 0.05) is 6.54 Å². The first kappa shape index (κ1) is 26.1. The van der Waals surface area contributed by atoms with Crippen LogP contribution in [0.4, 0.5) is 0 Å². The summed E-state index contributed by atoms with van der Waals surface area (Å²) in [6, 6.07) is 48.0. The second-order valence-corrected chi connectivity index (χ2v) is 11.2. The van der Waals surface area contributed by atoms with Gasteiger partial charge in [0.05, 0.1) is 6.04 Å². The zero-order valence-corrected chi connectivity index (χ0v) is 22.3. The summed E-state index contributed by atoms with van der Waals surface area (Å²) in [6.45, 7) is 0.285. The first-order valence-electron chi connectivity index (χ1n) is 12.9. The standard InChI is InChI=1S/C34H29N2O2P/c37-33(35-25-26-15-5-1-6-16-26)34(38)36-32(27-17-7-2-8-18-27)30-23-13-14-24-31(30)39(28-19-9-3-10-20-28)29-21-11-4-12-22-29/h1-24,32H,25H2,(H,35,37)(H,36,38)/t32-/m1/s1. The maximum absolute atomic E-state index is 13.2. The van der Waals surface area contributed by atoms with Crippen LogP contribution in [0.5, 0.6) is 0 Å². The minimum Gasteiger partial charge on any atom is -0.344 e. The summed E-state index contributed by atoms with van der Waals surface area (Å²) in [5.74, 6) is -1.33. The van der Waals surface area contributed by atoms with Gasteiger partial charge in [0.1, 0.15) is 0 Å². The van der Waals surface area contributed by atoms with Gasteiger partial charge in [0.25, 0.3) is 0 Å². The molecule has 0 aliphatic heterocycles. The Hall–Kier alpha value is -4.53. The van der Waals surface area contributed by atoms with Crippen LogP contribution in [0.15, 0.2) is 146 Å². The highest BCUT2D eigenvalue weighted by atomic mass is 31.1. The number of carbonyl (C=O) groups is 2. The molecule has 0 aromatic heterocycles. The van der Waals surface area contributed by atoms with Crippen molar-refractivity contribution < 1.29 is 9.59 Å². The van der Waals surface area contributed by atoms with Crippen molar-refractivity contribution >= 4 is 35.6 Å². The van der Waals surface area contributed by atoms with Crippen molar-refractivity contribution in [1.29, 1.82) is 0 Å².